The van der Waals surface area contributed by atoms with Crippen molar-refractivity contribution in [2.75, 3.05) is 5.32 Å². The van der Waals surface area contributed by atoms with Crippen molar-refractivity contribution in [2.24, 2.45) is 0 Å². The molecule has 0 aromatic heterocycles. The van der Waals surface area contributed by atoms with Crippen LogP contribution in [0.3, 0.4) is 0 Å². The van der Waals surface area contributed by atoms with Crippen LogP contribution in [0.5, 0.6) is 0 Å². The average molecular weight is 349 g/mol. The quantitative estimate of drug-likeness (QED) is 0.784. The number of hydrogen-bond acceptors (Lipinski definition) is 1. The van der Waals surface area contributed by atoms with E-state index in [1.807, 2.05) is 0 Å². The van der Waals surface area contributed by atoms with Crippen LogP contribution in [0.1, 0.15) is 29.9 Å². The Morgan fingerprint density at radius 3 is 2.56 bits per heavy atom. The first-order chi connectivity index (χ1) is 8.81. The van der Waals surface area contributed by atoms with Crippen LogP contribution in [-0.4, -0.2) is 0 Å². The molecule has 0 saturated heterocycles. The third-order valence-corrected chi connectivity index (χ3v) is 4.06. The molecule has 3 rings (SSSR count). The minimum absolute atomic E-state index is 0.836. The molecule has 0 heterocycles. The zero-order valence-corrected chi connectivity index (χ0v) is 12.4. The molecule has 1 saturated carbocycles. The number of benzene rings is 2. The standard InChI is InChI=1S/C16H16IN/c17-15-6-8-16(9-7-15)18-11-12-2-1-3-14(10-12)13-4-5-13/h1-3,6-10,13,18H,4-5,11H2. The summed E-state index contributed by atoms with van der Waals surface area (Å²) in [5.41, 5.74) is 4.07. The van der Waals surface area contributed by atoms with E-state index in [0.717, 1.165) is 12.5 Å². The lowest BCUT2D eigenvalue weighted by Crippen LogP contribution is -1.99. The van der Waals surface area contributed by atoms with Gasteiger partial charge in [0, 0.05) is 15.8 Å². The summed E-state index contributed by atoms with van der Waals surface area (Å²) in [6, 6.07) is 17.5. The van der Waals surface area contributed by atoms with E-state index in [1.165, 1.54) is 33.2 Å². The molecule has 92 valence electrons. The van der Waals surface area contributed by atoms with Gasteiger partial charge in [-0.25, -0.2) is 0 Å². The second kappa shape index (κ2) is 5.31. The largest absolute Gasteiger partial charge is 0.381 e. The van der Waals surface area contributed by atoms with Crippen LogP contribution < -0.4 is 5.32 Å². The van der Waals surface area contributed by atoms with Gasteiger partial charge >= 0.3 is 0 Å². The highest BCUT2D eigenvalue weighted by Gasteiger charge is 2.23. The topological polar surface area (TPSA) is 12.0 Å². The summed E-state index contributed by atoms with van der Waals surface area (Å²) in [6.07, 6.45) is 2.74. The van der Waals surface area contributed by atoms with Crippen molar-refractivity contribution < 1.29 is 0 Å². The van der Waals surface area contributed by atoms with Gasteiger partial charge in [0.05, 0.1) is 0 Å². The maximum Gasteiger partial charge on any atom is 0.0400 e. The van der Waals surface area contributed by atoms with E-state index in [9.17, 15) is 0 Å². The molecule has 0 amide bonds. The van der Waals surface area contributed by atoms with Gasteiger partial charge in [0.25, 0.3) is 0 Å². The summed E-state index contributed by atoms with van der Waals surface area (Å²) in [6.45, 7) is 0.904. The summed E-state index contributed by atoms with van der Waals surface area (Å²) < 4.78 is 1.27. The molecule has 18 heavy (non-hydrogen) atoms. The van der Waals surface area contributed by atoms with Gasteiger partial charge < -0.3 is 5.32 Å². The number of hydrogen-bond donors (Lipinski definition) is 1. The third-order valence-electron chi connectivity index (χ3n) is 3.34. The maximum atomic E-state index is 3.47. The predicted octanol–water partition coefficient (Wildman–Crippen LogP) is 4.78. The number of nitrogens with one attached hydrogen (secondary N) is 1. The molecule has 1 aliphatic carbocycles. The smallest absolute Gasteiger partial charge is 0.0400 e. The molecule has 1 nitrogen and oxygen atoms in total. The summed E-state index contributed by atoms with van der Waals surface area (Å²) in [5, 5.41) is 3.47. The molecule has 2 heteroatoms. The highest BCUT2D eigenvalue weighted by atomic mass is 127. The van der Waals surface area contributed by atoms with Crippen LogP contribution in [0.25, 0.3) is 0 Å². The minimum Gasteiger partial charge on any atom is -0.381 e. The van der Waals surface area contributed by atoms with Crippen LogP contribution in [0.15, 0.2) is 48.5 Å². The Kier molecular flexibility index (Phi) is 3.55. The Bertz CT molecular complexity index is 529. The Morgan fingerprint density at radius 2 is 1.83 bits per heavy atom. The lowest BCUT2D eigenvalue weighted by molar-refractivity contribution is 1.09. The summed E-state index contributed by atoms with van der Waals surface area (Å²) in [5.74, 6) is 0.836. The minimum atomic E-state index is 0.836. The molecule has 0 atom stereocenters. The molecule has 1 fully saturated rings. The molecule has 1 N–H and O–H groups in total. The maximum absolute atomic E-state index is 3.47. The molecule has 0 bridgehead atoms. The van der Waals surface area contributed by atoms with Crippen LogP contribution in [0.2, 0.25) is 0 Å². The van der Waals surface area contributed by atoms with Crippen LogP contribution in [-0.2, 0) is 6.54 Å². The van der Waals surface area contributed by atoms with Crippen molar-refractivity contribution in [2.45, 2.75) is 25.3 Å². The lowest BCUT2D eigenvalue weighted by atomic mass is 10.1. The fourth-order valence-electron chi connectivity index (χ4n) is 2.15. The molecular weight excluding hydrogens is 333 g/mol. The van der Waals surface area contributed by atoms with Crippen molar-refractivity contribution in [3.63, 3.8) is 0 Å². The lowest BCUT2D eigenvalue weighted by Gasteiger charge is -2.08. The van der Waals surface area contributed by atoms with Crippen LogP contribution in [0, 0.1) is 3.57 Å². The van der Waals surface area contributed by atoms with E-state index in [-0.39, 0.29) is 0 Å². The molecule has 2 aromatic rings. The molecule has 0 spiro atoms. The summed E-state index contributed by atoms with van der Waals surface area (Å²) in [7, 11) is 0. The van der Waals surface area contributed by atoms with Gasteiger partial charge in [0.1, 0.15) is 0 Å². The Balaban J connectivity index is 1.65. The van der Waals surface area contributed by atoms with Gasteiger partial charge in [-0.2, -0.15) is 0 Å². The van der Waals surface area contributed by atoms with E-state index >= 15 is 0 Å². The van der Waals surface area contributed by atoms with Crippen molar-refractivity contribution >= 4 is 28.3 Å². The van der Waals surface area contributed by atoms with Gasteiger partial charge in [0.2, 0.25) is 0 Å². The van der Waals surface area contributed by atoms with Gasteiger partial charge in [-0.3, -0.25) is 0 Å². The van der Waals surface area contributed by atoms with Crippen molar-refractivity contribution in [3.8, 4) is 0 Å². The van der Waals surface area contributed by atoms with Crippen molar-refractivity contribution in [1.29, 1.82) is 0 Å². The van der Waals surface area contributed by atoms with Crippen LogP contribution >= 0.6 is 22.6 Å². The van der Waals surface area contributed by atoms with E-state index in [0.29, 0.717) is 0 Å². The second-order valence-corrected chi connectivity index (χ2v) is 6.13. The molecular formula is C16H16IN. The zero-order valence-electron chi connectivity index (χ0n) is 10.2. The average Bonchev–Trinajstić information content (AvgIpc) is 3.23. The highest BCUT2D eigenvalue weighted by molar-refractivity contribution is 14.1. The first kappa shape index (κ1) is 12.0. The molecule has 2 aromatic carbocycles. The number of halogens is 1. The van der Waals surface area contributed by atoms with Crippen molar-refractivity contribution in [3.05, 3.63) is 63.2 Å². The molecule has 0 aliphatic heterocycles. The Hall–Kier alpha value is -1.03. The van der Waals surface area contributed by atoms with E-state index in [1.54, 1.807) is 0 Å². The van der Waals surface area contributed by atoms with E-state index < -0.39 is 0 Å². The Morgan fingerprint density at radius 1 is 1.06 bits per heavy atom. The summed E-state index contributed by atoms with van der Waals surface area (Å²) >= 11 is 2.33. The Labute approximate surface area is 122 Å². The summed E-state index contributed by atoms with van der Waals surface area (Å²) in [4.78, 5) is 0. The number of anilines is 1. The van der Waals surface area contributed by atoms with Gasteiger partial charge in [-0.05, 0) is 76.7 Å². The first-order valence-corrected chi connectivity index (χ1v) is 7.47. The molecule has 1 aliphatic rings. The van der Waals surface area contributed by atoms with Gasteiger partial charge in [0.15, 0.2) is 0 Å². The normalized spacial score (nSPS) is 14.5. The second-order valence-electron chi connectivity index (χ2n) is 4.88. The highest BCUT2D eigenvalue weighted by Crippen LogP contribution is 2.40. The molecule has 0 unspecified atom stereocenters. The van der Waals surface area contributed by atoms with E-state index in [4.69, 9.17) is 0 Å². The number of rotatable bonds is 4. The predicted molar refractivity (Wildman–Crippen MR) is 84.9 cm³/mol. The van der Waals surface area contributed by atoms with Crippen LogP contribution in [0.4, 0.5) is 5.69 Å². The third kappa shape index (κ3) is 3.05. The van der Waals surface area contributed by atoms with E-state index in [2.05, 4.69) is 76.4 Å². The van der Waals surface area contributed by atoms with Crippen molar-refractivity contribution in [1.82, 2.24) is 0 Å². The van der Waals surface area contributed by atoms with Gasteiger partial charge in [-0.15, -0.1) is 0 Å². The van der Waals surface area contributed by atoms with Gasteiger partial charge in [-0.1, -0.05) is 24.3 Å². The SMILES string of the molecule is Ic1ccc(NCc2cccc(C3CC3)c2)cc1. The first-order valence-electron chi connectivity index (χ1n) is 6.39. The monoisotopic (exact) mass is 349 g/mol. The fourth-order valence-corrected chi connectivity index (χ4v) is 2.51. The fraction of sp³-hybridized carbons (Fsp3) is 0.250. The molecule has 0 radical (unpaired) electrons. The zero-order chi connectivity index (χ0) is 12.4.